The molecule has 8 nitrogen and oxygen atoms in total. The van der Waals surface area contributed by atoms with Crippen LogP contribution in [0.1, 0.15) is 19.7 Å². The molecule has 4 aromatic rings. The van der Waals surface area contributed by atoms with Crippen molar-refractivity contribution in [2.24, 2.45) is 0 Å². The average molecular weight is 433 g/mol. The van der Waals surface area contributed by atoms with Gasteiger partial charge < -0.3 is 19.6 Å². The van der Waals surface area contributed by atoms with Crippen molar-refractivity contribution in [2.75, 3.05) is 19.0 Å². The number of fused-ring (bicyclic) bond motifs is 2. The van der Waals surface area contributed by atoms with Gasteiger partial charge >= 0.3 is 0 Å². The summed E-state index contributed by atoms with van der Waals surface area (Å²) in [5.41, 5.74) is 1.11. The highest BCUT2D eigenvalue weighted by atomic mass is 19.3. The van der Waals surface area contributed by atoms with Crippen LogP contribution in [-0.4, -0.2) is 55.2 Å². The van der Waals surface area contributed by atoms with Crippen molar-refractivity contribution < 1.29 is 17.9 Å². The molecule has 11 heteroatoms. The molecule has 4 rings (SSSR count). The van der Waals surface area contributed by atoms with Gasteiger partial charge in [-0.3, -0.25) is 0 Å². The first-order valence-corrected chi connectivity index (χ1v) is 9.64. The number of hydrogen-bond acceptors (Lipinski definition) is 6. The van der Waals surface area contributed by atoms with Gasteiger partial charge in [0.05, 0.1) is 31.3 Å². The predicted octanol–water partition coefficient (Wildman–Crippen LogP) is 4.11. The summed E-state index contributed by atoms with van der Waals surface area (Å²) < 4.78 is 46.7. The second kappa shape index (κ2) is 7.71. The fourth-order valence-electron chi connectivity index (χ4n) is 3.34. The van der Waals surface area contributed by atoms with E-state index < -0.39 is 18.6 Å². The van der Waals surface area contributed by atoms with Crippen molar-refractivity contribution in [3.63, 3.8) is 0 Å². The van der Waals surface area contributed by atoms with Gasteiger partial charge in [-0.15, -0.1) is 0 Å². The lowest BCUT2D eigenvalue weighted by atomic mass is 10.1. The second-order valence-electron chi connectivity index (χ2n) is 7.75. The molecule has 0 saturated heterocycles. The molecule has 0 aliphatic heterocycles. The van der Waals surface area contributed by atoms with Gasteiger partial charge in [-0.05, 0) is 32.9 Å². The van der Waals surface area contributed by atoms with Gasteiger partial charge in [0.25, 0.3) is 6.43 Å². The molecule has 4 heterocycles. The standard InChI is InChI=1S/C20H22F3N7O/c1-10-26-13-6-5-12(27-17(13)30(10)8-14(21)22)11-7-24-16-15(11)18(31-4)29-19(28-16)25-9-20(2,3)23/h5-7,14H,8-9H2,1-4H3,(H2,24,25,28,29). The van der Waals surface area contributed by atoms with Crippen LogP contribution in [0.3, 0.4) is 0 Å². The Hall–Kier alpha value is -3.37. The molecule has 0 bridgehead atoms. The Bertz CT molecular complexity index is 1240. The lowest BCUT2D eigenvalue weighted by Crippen LogP contribution is -2.25. The topological polar surface area (TPSA) is 93.5 Å². The van der Waals surface area contributed by atoms with E-state index in [0.717, 1.165) is 0 Å². The molecule has 0 aliphatic rings. The largest absolute Gasteiger partial charge is 0.480 e. The number of imidazole rings is 1. The Morgan fingerprint density at radius 1 is 1.19 bits per heavy atom. The number of H-pyrrole nitrogens is 1. The van der Waals surface area contributed by atoms with E-state index in [1.54, 1.807) is 25.3 Å². The number of rotatable bonds is 7. The zero-order valence-electron chi connectivity index (χ0n) is 17.5. The molecule has 0 amide bonds. The van der Waals surface area contributed by atoms with Crippen molar-refractivity contribution in [1.82, 2.24) is 29.5 Å². The van der Waals surface area contributed by atoms with Crippen LogP contribution in [-0.2, 0) is 6.54 Å². The SMILES string of the molecule is COc1nc(NCC(C)(C)F)nc2[nH]cc(-c3ccc4nc(C)n(CC(F)F)c4n3)c12. The normalized spacial score (nSPS) is 12.3. The van der Waals surface area contributed by atoms with Crippen LogP contribution in [0.15, 0.2) is 18.3 Å². The molecule has 0 saturated carbocycles. The fourth-order valence-corrected chi connectivity index (χ4v) is 3.34. The smallest absolute Gasteiger partial charge is 0.256 e. The third-order valence-electron chi connectivity index (χ3n) is 4.74. The minimum atomic E-state index is -2.52. The molecular weight excluding hydrogens is 411 g/mol. The highest BCUT2D eigenvalue weighted by Gasteiger charge is 2.20. The van der Waals surface area contributed by atoms with Crippen LogP contribution < -0.4 is 10.1 Å². The number of nitrogens with zero attached hydrogens (tertiary/aromatic N) is 5. The summed E-state index contributed by atoms with van der Waals surface area (Å²) >= 11 is 0. The van der Waals surface area contributed by atoms with Gasteiger partial charge in [-0.1, -0.05) is 0 Å². The maximum Gasteiger partial charge on any atom is 0.256 e. The van der Waals surface area contributed by atoms with Crippen molar-refractivity contribution >= 4 is 28.1 Å². The number of aromatic amines is 1. The number of nitrogens with one attached hydrogen (secondary N) is 2. The number of hydrogen-bond donors (Lipinski definition) is 2. The first-order valence-electron chi connectivity index (χ1n) is 9.64. The van der Waals surface area contributed by atoms with Crippen LogP contribution in [0.4, 0.5) is 19.1 Å². The van der Waals surface area contributed by atoms with Gasteiger partial charge in [0.1, 0.15) is 22.7 Å². The zero-order chi connectivity index (χ0) is 22.3. The molecule has 0 unspecified atom stereocenters. The Morgan fingerprint density at radius 2 is 1.97 bits per heavy atom. The number of anilines is 1. The zero-order valence-corrected chi connectivity index (χ0v) is 17.5. The van der Waals surface area contributed by atoms with E-state index in [4.69, 9.17) is 4.74 Å². The molecule has 2 N–H and O–H groups in total. The molecule has 164 valence electrons. The van der Waals surface area contributed by atoms with E-state index in [0.29, 0.717) is 39.3 Å². The van der Waals surface area contributed by atoms with E-state index in [2.05, 4.69) is 30.2 Å². The first kappa shape index (κ1) is 20.9. The summed E-state index contributed by atoms with van der Waals surface area (Å²) in [6, 6.07) is 3.49. The lowest BCUT2D eigenvalue weighted by Gasteiger charge is -2.15. The Labute approximate surface area is 175 Å². The van der Waals surface area contributed by atoms with E-state index in [9.17, 15) is 13.2 Å². The maximum absolute atomic E-state index is 13.8. The monoisotopic (exact) mass is 433 g/mol. The maximum atomic E-state index is 13.8. The molecule has 4 aromatic heterocycles. The summed E-state index contributed by atoms with van der Waals surface area (Å²) in [6.07, 6.45) is -0.831. The minimum Gasteiger partial charge on any atom is -0.480 e. The molecule has 0 fully saturated rings. The number of alkyl halides is 3. The third-order valence-corrected chi connectivity index (χ3v) is 4.74. The molecule has 0 atom stereocenters. The number of methoxy groups -OCH3 is 1. The van der Waals surface area contributed by atoms with Crippen LogP contribution in [0.5, 0.6) is 5.88 Å². The second-order valence-corrected chi connectivity index (χ2v) is 7.75. The van der Waals surface area contributed by atoms with Crippen LogP contribution in [0, 0.1) is 6.92 Å². The van der Waals surface area contributed by atoms with Crippen molar-refractivity contribution in [2.45, 2.75) is 39.4 Å². The van der Waals surface area contributed by atoms with Gasteiger partial charge in [0.15, 0.2) is 5.65 Å². The van der Waals surface area contributed by atoms with Crippen molar-refractivity contribution in [3.05, 3.63) is 24.2 Å². The molecular formula is C20H22F3N7O. The average Bonchev–Trinajstić information content (AvgIpc) is 3.26. The number of pyridine rings is 1. The highest BCUT2D eigenvalue weighted by molar-refractivity contribution is 5.97. The number of aryl methyl sites for hydroxylation is 1. The quantitative estimate of drug-likeness (QED) is 0.456. The van der Waals surface area contributed by atoms with Crippen LogP contribution >= 0.6 is 0 Å². The Morgan fingerprint density at radius 3 is 2.65 bits per heavy atom. The van der Waals surface area contributed by atoms with Gasteiger partial charge in [-0.2, -0.15) is 9.97 Å². The number of aromatic nitrogens is 6. The van der Waals surface area contributed by atoms with Gasteiger partial charge in [0.2, 0.25) is 11.8 Å². The summed E-state index contributed by atoms with van der Waals surface area (Å²) in [5, 5.41) is 3.44. The van der Waals surface area contributed by atoms with E-state index in [1.807, 2.05) is 0 Å². The predicted molar refractivity (Wildman–Crippen MR) is 111 cm³/mol. The van der Waals surface area contributed by atoms with Crippen LogP contribution in [0.25, 0.3) is 33.5 Å². The third kappa shape index (κ3) is 4.12. The number of halogens is 3. The summed E-state index contributed by atoms with van der Waals surface area (Å²) in [4.78, 5) is 20.7. The van der Waals surface area contributed by atoms with E-state index in [-0.39, 0.29) is 18.4 Å². The number of ether oxygens (including phenoxy) is 1. The Balaban J connectivity index is 1.80. The minimum absolute atomic E-state index is 0.0287. The van der Waals surface area contributed by atoms with E-state index >= 15 is 0 Å². The fraction of sp³-hybridized carbons (Fsp3) is 0.400. The van der Waals surface area contributed by atoms with Gasteiger partial charge in [-0.25, -0.2) is 23.1 Å². The molecule has 0 spiro atoms. The Kier molecular flexibility index (Phi) is 5.19. The van der Waals surface area contributed by atoms with Crippen LogP contribution in [0.2, 0.25) is 0 Å². The van der Waals surface area contributed by atoms with Crippen molar-refractivity contribution in [3.8, 4) is 17.1 Å². The molecule has 0 radical (unpaired) electrons. The highest BCUT2D eigenvalue weighted by Crippen LogP contribution is 2.34. The van der Waals surface area contributed by atoms with Crippen molar-refractivity contribution in [1.29, 1.82) is 0 Å². The lowest BCUT2D eigenvalue weighted by molar-refractivity contribution is 0.127. The summed E-state index contributed by atoms with van der Waals surface area (Å²) in [5.74, 6) is 0.961. The molecule has 0 aromatic carbocycles. The first-order chi connectivity index (χ1) is 14.7. The molecule has 0 aliphatic carbocycles. The summed E-state index contributed by atoms with van der Waals surface area (Å²) in [6.45, 7) is 4.11. The summed E-state index contributed by atoms with van der Waals surface area (Å²) in [7, 11) is 1.47. The van der Waals surface area contributed by atoms with Gasteiger partial charge in [0, 0.05) is 11.8 Å². The van der Waals surface area contributed by atoms with E-state index in [1.165, 1.54) is 25.5 Å². The molecule has 31 heavy (non-hydrogen) atoms.